The molecule has 1 aliphatic carbocycles. The summed E-state index contributed by atoms with van der Waals surface area (Å²) >= 11 is 0. The smallest absolute Gasteiger partial charge is 0.231 e. The van der Waals surface area contributed by atoms with E-state index < -0.39 is 5.41 Å². The standard InChI is InChI=1S/C17H25N3O/c1-17(10-4-5-15(17)18)16(21)19-13-6-8-14(9-7-13)20-11-2-3-12-20/h6-9,15H,2-5,10-12,18H2,1H3,(H,19,21). The highest BCUT2D eigenvalue weighted by Crippen LogP contribution is 2.37. The topological polar surface area (TPSA) is 58.4 Å². The van der Waals surface area contributed by atoms with Crippen molar-refractivity contribution in [3.05, 3.63) is 24.3 Å². The summed E-state index contributed by atoms with van der Waals surface area (Å²) in [6.45, 7) is 4.26. The SMILES string of the molecule is CC1(C(=O)Nc2ccc(N3CCCC3)cc2)CCCC1N. The van der Waals surface area contributed by atoms with Crippen molar-refractivity contribution in [2.45, 2.75) is 45.1 Å². The van der Waals surface area contributed by atoms with Gasteiger partial charge in [0.2, 0.25) is 5.91 Å². The van der Waals surface area contributed by atoms with E-state index in [1.165, 1.54) is 18.5 Å². The minimum absolute atomic E-state index is 0.0265. The van der Waals surface area contributed by atoms with Crippen LogP contribution in [0.4, 0.5) is 11.4 Å². The number of hydrogen-bond acceptors (Lipinski definition) is 3. The Bertz CT molecular complexity index is 507. The number of nitrogens with one attached hydrogen (secondary N) is 1. The van der Waals surface area contributed by atoms with Gasteiger partial charge in [-0.1, -0.05) is 6.42 Å². The van der Waals surface area contributed by atoms with Gasteiger partial charge in [-0.15, -0.1) is 0 Å². The fourth-order valence-electron chi connectivity index (χ4n) is 3.48. The van der Waals surface area contributed by atoms with E-state index in [9.17, 15) is 4.79 Å². The molecule has 3 rings (SSSR count). The summed E-state index contributed by atoms with van der Waals surface area (Å²) in [5, 5.41) is 3.04. The maximum atomic E-state index is 12.5. The Balaban J connectivity index is 1.66. The van der Waals surface area contributed by atoms with E-state index >= 15 is 0 Å². The summed E-state index contributed by atoms with van der Waals surface area (Å²) in [5.74, 6) is 0.0569. The summed E-state index contributed by atoms with van der Waals surface area (Å²) in [5.41, 5.74) is 7.79. The van der Waals surface area contributed by atoms with Gasteiger partial charge in [-0.25, -0.2) is 0 Å². The lowest BCUT2D eigenvalue weighted by molar-refractivity contribution is -0.125. The lowest BCUT2D eigenvalue weighted by Gasteiger charge is -2.27. The molecule has 2 atom stereocenters. The van der Waals surface area contributed by atoms with Crippen LogP contribution in [0, 0.1) is 5.41 Å². The zero-order valence-corrected chi connectivity index (χ0v) is 12.8. The quantitative estimate of drug-likeness (QED) is 0.898. The molecule has 4 heteroatoms. The third kappa shape index (κ3) is 2.77. The molecule has 2 fully saturated rings. The minimum atomic E-state index is -0.423. The summed E-state index contributed by atoms with van der Waals surface area (Å²) in [4.78, 5) is 14.9. The largest absolute Gasteiger partial charge is 0.372 e. The molecule has 1 saturated heterocycles. The number of rotatable bonds is 3. The van der Waals surface area contributed by atoms with Gasteiger partial charge in [-0.2, -0.15) is 0 Å². The first-order valence-electron chi connectivity index (χ1n) is 8.02. The van der Waals surface area contributed by atoms with E-state index in [1.54, 1.807) is 0 Å². The molecule has 0 aromatic heterocycles. The predicted octanol–water partition coefficient (Wildman–Crippen LogP) is 2.74. The molecule has 1 aromatic carbocycles. The van der Waals surface area contributed by atoms with Gasteiger partial charge >= 0.3 is 0 Å². The highest BCUT2D eigenvalue weighted by molar-refractivity contribution is 5.96. The first-order chi connectivity index (χ1) is 10.1. The van der Waals surface area contributed by atoms with E-state index in [1.807, 2.05) is 19.1 Å². The number of carbonyl (C=O) groups excluding carboxylic acids is 1. The van der Waals surface area contributed by atoms with Crippen LogP contribution in [0.2, 0.25) is 0 Å². The second-order valence-corrected chi connectivity index (χ2v) is 6.61. The van der Waals surface area contributed by atoms with Crippen LogP contribution in [0.25, 0.3) is 0 Å². The zero-order valence-electron chi connectivity index (χ0n) is 12.8. The van der Waals surface area contributed by atoms with Gasteiger partial charge in [0.15, 0.2) is 0 Å². The van der Waals surface area contributed by atoms with Crippen LogP contribution in [-0.2, 0) is 4.79 Å². The lowest BCUT2D eigenvalue weighted by Crippen LogP contribution is -2.44. The number of benzene rings is 1. The normalized spacial score (nSPS) is 28.9. The molecule has 1 aromatic rings. The fraction of sp³-hybridized carbons (Fsp3) is 0.588. The third-order valence-corrected chi connectivity index (χ3v) is 5.14. The second kappa shape index (κ2) is 5.68. The van der Waals surface area contributed by atoms with Crippen molar-refractivity contribution in [1.29, 1.82) is 0 Å². The Morgan fingerprint density at radius 2 is 1.90 bits per heavy atom. The molecule has 2 aliphatic rings. The van der Waals surface area contributed by atoms with Crippen LogP contribution in [0.15, 0.2) is 24.3 Å². The summed E-state index contributed by atoms with van der Waals surface area (Å²) < 4.78 is 0. The molecule has 1 amide bonds. The Hall–Kier alpha value is -1.55. The molecule has 2 unspecified atom stereocenters. The molecule has 1 heterocycles. The molecular weight excluding hydrogens is 262 g/mol. The fourth-order valence-corrected chi connectivity index (χ4v) is 3.48. The van der Waals surface area contributed by atoms with E-state index in [4.69, 9.17) is 5.73 Å². The molecule has 0 bridgehead atoms. The summed E-state index contributed by atoms with van der Waals surface area (Å²) in [6, 6.07) is 8.15. The Kier molecular flexibility index (Phi) is 3.89. The summed E-state index contributed by atoms with van der Waals surface area (Å²) in [7, 11) is 0. The van der Waals surface area contributed by atoms with Crippen molar-refractivity contribution in [3.63, 3.8) is 0 Å². The maximum absolute atomic E-state index is 12.5. The molecule has 1 saturated carbocycles. The van der Waals surface area contributed by atoms with E-state index in [0.717, 1.165) is 38.0 Å². The van der Waals surface area contributed by atoms with Crippen molar-refractivity contribution >= 4 is 17.3 Å². The Morgan fingerprint density at radius 3 is 2.48 bits per heavy atom. The number of amides is 1. The molecule has 1 aliphatic heterocycles. The number of nitrogens with two attached hydrogens (primary N) is 1. The van der Waals surface area contributed by atoms with Gasteiger partial charge in [-0.05, 0) is 56.9 Å². The first kappa shape index (κ1) is 14.4. The maximum Gasteiger partial charge on any atom is 0.231 e. The third-order valence-electron chi connectivity index (χ3n) is 5.14. The van der Waals surface area contributed by atoms with Crippen molar-refractivity contribution < 1.29 is 4.79 Å². The van der Waals surface area contributed by atoms with Gasteiger partial charge in [0.1, 0.15) is 0 Å². The second-order valence-electron chi connectivity index (χ2n) is 6.61. The highest BCUT2D eigenvalue weighted by Gasteiger charge is 2.42. The monoisotopic (exact) mass is 287 g/mol. The number of carbonyl (C=O) groups is 1. The van der Waals surface area contributed by atoms with Crippen molar-refractivity contribution in [3.8, 4) is 0 Å². The number of hydrogen-bond donors (Lipinski definition) is 2. The highest BCUT2D eigenvalue weighted by atomic mass is 16.2. The van der Waals surface area contributed by atoms with Crippen LogP contribution in [0.5, 0.6) is 0 Å². The van der Waals surface area contributed by atoms with Crippen LogP contribution < -0.4 is 16.0 Å². The van der Waals surface area contributed by atoms with Crippen LogP contribution in [0.1, 0.15) is 39.0 Å². The Labute approximate surface area is 126 Å². The van der Waals surface area contributed by atoms with Gasteiger partial charge in [-0.3, -0.25) is 4.79 Å². The number of anilines is 2. The molecule has 114 valence electrons. The van der Waals surface area contributed by atoms with Gasteiger partial charge in [0, 0.05) is 30.5 Å². The molecule has 21 heavy (non-hydrogen) atoms. The molecule has 0 radical (unpaired) electrons. The summed E-state index contributed by atoms with van der Waals surface area (Å²) in [6.07, 6.45) is 5.41. The van der Waals surface area contributed by atoms with E-state index in [-0.39, 0.29) is 11.9 Å². The first-order valence-corrected chi connectivity index (χ1v) is 8.02. The molecule has 3 N–H and O–H groups in total. The molecule has 0 spiro atoms. The zero-order chi connectivity index (χ0) is 14.9. The average molecular weight is 287 g/mol. The van der Waals surface area contributed by atoms with Gasteiger partial charge in [0.05, 0.1) is 5.41 Å². The van der Waals surface area contributed by atoms with Crippen molar-refractivity contribution in [2.75, 3.05) is 23.3 Å². The number of nitrogens with zero attached hydrogens (tertiary/aromatic N) is 1. The van der Waals surface area contributed by atoms with Crippen molar-refractivity contribution in [1.82, 2.24) is 0 Å². The van der Waals surface area contributed by atoms with E-state index in [0.29, 0.717) is 0 Å². The van der Waals surface area contributed by atoms with Gasteiger partial charge in [0.25, 0.3) is 0 Å². The van der Waals surface area contributed by atoms with Crippen LogP contribution >= 0.6 is 0 Å². The van der Waals surface area contributed by atoms with E-state index in [2.05, 4.69) is 22.3 Å². The average Bonchev–Trinajstić information content (AvgIpc) is 3.12. The van der Waals surface area contributed by atoms with Crippen molar-refractivity contribution in [2.24, 2.45) is 11.1 Å². The van der Waals surface area contributed by atoms with Crippen LogP contribution in [-0.4, -0.2) is 25.0 Å². The predicted molar refractivity (Wildman–Crippen MR) is 86.5 cm³/mol. The molecular formula is C17H25N3O. The lowest BCUT2D eigenvalue weighted by atomic mass is 9.84. The van der Waals surface area contributed by atoms with Crippen LogP contribution in [0.3, 0.4) is 0 Å². The Morgan fingerprint density at radius 1 is 1.24 bits per heavy atom. The minimum Gasteiger partial charge on any atom is -0.372 e. The van der Waals surface area contributed by atoms with Gasteiger partial charge < -0.3 is 16.0 Å². The molecule has 4 nitrogen and oxygen atoms in total.